The molecule has 3 amide bonds. The molecule has 2 N–H and O–H groups in total. The second kappa shape index (κ2) is 13.6. The van der Waals surface area contributed by atoms with Crippen LogP contribution in [0.4, 0.5) is 0 Å². The number of hydrogen-bond donors (Lipinski definition) is 2. The van der Waals surface area contributed by atoms with Crippen molar-refractivity contribution in [1.82, 2.24) is 25.7 Å². The quantitative estimate of drug-likeness (QED) is 0.0741. The highest BCUT2D eigenvalue weighted by Gasteiger charge is 2.66. The molecule has 0 unspecified atom stereocenters. The maximum atomic E-state index is 14.2. The van der Waals surface area contributed by atoms with Crippen LogP contribution in [0.1, 0.15) is 27.1 Å². The van der Waals surface area contributed by atoms with E-state index in [1.165, 1.54) is 51.1 Å². The Kier molecular flexibility index (Phi) is 9.35. The number of amides is 3. The predicted molar refractivity (Wildman–Crippen MR) is 174 cm³/mol. The second-order valence-corrected chi connectivity index (χ2v) is 14.7. The Morgan fingerprint density at radius 2 is 1.80 bits per heavy atom. The van der Waals surface area contributed by atoms with Gasteiger partial charge in [-0.15, -0.1) is 33.3 Å². The highest BCUT2D eigenvalue weighted by Crippen LogP contribution is 2.46. The predicted octanol–water partition coefficient (Wildman–Crippen LogP) is 4.30. The van der Waals surface area contributed by atoms with Crippen molar-refractivity contribution in [3.8, 4) is 0 Å². The van der Waals surface area contributed by atoms with E-state index >= 15 is 0 Å². The fraction of sp³-hybridized carbons (Fsp3) is 0.226. The molecule has 2 aliphatic rings. The summed E-state index contributed by atoms with van der Waals surface area (Å²) in [5.74, 6) is -1.00. The molecule has 2 aromatic carbocycles. The Morgan fingerprint density at radius 3 is 2.40 bits per heavy atom. The van der Waals surface area contributed by atoms with Gasteiger partial charge in [-0.1, -0.05) is 89.8 Å². The number of aryl methyl sites for hydroxylation is 1. The molecule has 1 fully saturated rings. The number of β-lactam (4-membered cyclic amide) rings is 1. The largest absolute Gasteiger partial charge is 0.448 e. The summed E-state index contributed by atoms with van der Waals surface area (Å²) in [6, 6.07) is 22.4. The average Bonchev–Trinajstić information content (AvgIpc) is 3.73. The number of benzene rings is 2. The summed E-state index contributed by atoms with van der Waals surface area (Å²) in [5.41, 5.74) is 0.612. The number of thioether (sulfide) groups is 2. The standard InChI is InChI=1S/C31H27N5O5S4/c1-19-34-35-30(45-19)44-17-22-16-43-29-31(32-18-37,33-24(38)15-23-13-8-14-42-23)28(40)36(29)25(22)27(39)41-26(20-9-4-2-5-10-20)21-11-6-3-7-12-21/h2-14,18,26,29H,15-17H2,1H3,(H,32,37)(H,33,38)/t29-,31+/m0/s1. The zero-order valence-corrected chi connectivity index (χ0v) is 27.1. The third kappa shape index (κ3) is 6.41. The van der Waals surface area contributed by atoms with Gasteiger partial charge in [-0.05, 0) is 35.1 Å². The van der Waals surface area contributed by atoms with Gasteiger partial charge in [-0.3, -0.25) is 19.3 Å². The van der Waals surface area contributed by atoms with Gasteiger partial charge in [-0.25, -0.2) is 4.79 Å². The number of nitrogens with zero attached hydrogens (tertiary/aromatic N) is 3. The van der Waals surface area contributed by atoms with Crippen molar-refractivity contribution in [1.29, 1.82) is 0 Å². The van der Waals surface area contributed by atoms with Crippen molar-refractivity contribution >= 4 is 70.4 Å². The van der Waals surface area contributed by atoms with Crippen LogP contribution in [0.5, 0.6) is 0 Å². The molecule has 0 radical (unpaired) electrons. The lowest BCUT2D eigenvalue weighted by molar-refractivity contribution is -0.164. The molecule has 1 saturated heterocycles. The van der Waals surface area contributed by atoms with Crippen LogP contribution in [0, 0.1) is 6.92 Å². The van der Waals surface area contributed by atoms with Crippen LogP contribution < -0.4 is 10.6 Å². The molecule has 4 heterocycles. The number of fused-ring (bicyclic) bond motifs is 1. The number of hydrogen-bond acceptors (Lipinski definition) is 11. The fourth-order valence-electron chi connectivity index (χ4n) is 5.16. The van der Waals surface area contributed by atoms with Gasteiger partial charge < -0.3 is 15.4 Å². The molecule has 2 atom stereocenters. The summed E-state index contributed by atoms with van der Waals surface area (Å²) < 4.78 is 6.95. The van der Waals surface area contributed by atoms with Crippen molar-refractivity contribution < 1.29 is 23.9 Å². The minimum absolute atomic E-state index is 0.0499. The number of aromatic nitrogens is 2. The lowest BCUT2D eigenvalue weighted by Gasteiger charge is -2.56. The molecule has 230 valence electrons. The molecule has 14 heteroatoms. The molecular weight excluding hydrogens is 651 g/mol. The van der Waals surface area contributed by atoms with E-state index in [-0.39, 0.29) is 12.1 Å². The van der Waals surface area contributed by atoms with E-state index < -0.39 is 34.9 Å². The lowest BCUT2D eigenvalue weighted by Crippen LogP contribution is -2.85. The van der Waals surface area contributed by atoms with Crippen molar-refractivity contribution in [2.75, 3.05) is 11.5 Å². The zero-order chi connectivity index (χ0) is 31.4. The minimum Gasteiger partial charge on any atom is -0.448 e. The first-order valence-corrected chi connectivity index (χ1v) is 17.6. The van der Waals surface area contributed by atoms with Gasteiger partial charge in [0.15, 0.2) is 10.4 Å². The normalized spacial score (nSPS) is 19.1. The summed E-state index contributed by atoms with van der Waals surface area (Å²) >= 11 is 5.64. The van der Waals surface area contributed by atoms with Gasteiger partial charge in [0.25, 0.3) is 5.91 Å². The number of ether oxygens (including phenoxy) is 1. The van der Waals surface area contributed by atoms with E-state index in [4.69, 9.17) is 4.74 Å². The van der Waals surface area contributed by atoms with Gasteiger partial charge in [0, 0.05) is 16.4 Å². The Morgan fingerprint density at radius 1 is 1.09 bits per heavy atom. The summed E-state index contributed by atoms with van der Waals surface area (Å²) in [6.07, 6.45) is -0.291. The zero-order valence-electron chi connectivity index (χ0n) is 23.9. The Labute approximate surface area is 275 Å². The number of carbonyl (C=O) groups is 4. The van der Waals surface area contributed by atoms with E-state index in [0.717, 1.165) is 25.4 Å². The van der Waals surface area contributed by atoms with E-state index in [1.807, 2.05) is 85.1 Å². The highest BCUT2D eigenvalue weighted by molar-refractivity contribution is 8.01. The maximum Gasteiger partial charge on any atom is 0.356 e. The smallest absolute Gasteiger partial charge is 0.356 e. The molecule has 0 saturated carbocycles. The first kappa shape index (κ1) is 31.0. The summed E-state index contributed by atoms with van der Waals surface area (Å²) in [7, 11) is 0. The average molecular weight is 678 g/mol. The SMILES string of the molecule is Cc1nnc(SCC2=C(C(=O)OC(c3ccccc3)c3ccccc3)N3C(=O)[C@@](NC=O)(NC(=O)Cc4cccs4)[C@@H]3SC2)s1. The first-order chi connectivity index (χ1) is 21.9. The van der Waals surface area contributed by atoms with Gasteiger partial charge in [0.1, 0.15) is 16.1 Å². The number of thiophene rings is 1. The maximum absolute atomic E-state index is 14.2. The number of rotatable bonds is 12. The van der Waals surface area contributed by atoms with Crippen molar-refractivity contribution in [3.63, 3.8) is 0 Å². The van der Waals surface area contributed by atoms with Crippen LogP contribution in [0.3, 0.4) is 0 Å². The van der Waals surface area contributed by atoms with E-state index in [9.17, 15) is 19.2 Å². The summed E-state index contributed by atoms with van der Waals surface area (Å²) in [6.45, 7) is 1.86. The molecule has 6 rings (SSSR count). The van der Waals surface area contributed by atoms with Crippen LogP contribution in [-0.4, -0.2) is 61.8 Å². The van der Waals surface area contributed by atoms with E-state index in [1.54, 1.807) is 0 Å². The number of esters is 1. The topological polar surface area (TPSA) is 131 Å². The molecule has 0 spiro atoms. The first-order valence-electron chi connectivity index (χ1n) is 13.9. The third-order valence-electron chi connectivity index (χ3n) is 7.19. The van der Waals surface area contributed by atoms with Crippen LogP contribution in [0.2, 0.25) is 0 Å². The Bertz CT molecular complexity index is 1690. The van der Waals surface area contributed by atoms with Gasteiger partial charge in [0.2, 0.25) is 18.0 Å². The van der Waals surface area contributed by atoms with Crippen molar-refractivity contribution in [2.24, 2.45) is 0 Å². The van der Waals surface area contributed by atoms with Crippen LogP contribution in [0.15, 0.2) is 93.8 Å². The fourth-order valence-corrected chi connectivity index (χ4v) is 9.25. The monoisotopic (exact) mass is 677 g/mol. The molecule has 2 aliphatic heterocycles. The van der Waals surface area contributed by atoms with Crippen LogP contribution >= 0.6 is 46.2 Å². The number of nitrogens with one attached hydrogen (secondary N) is 2. The molecule has 0 bridgehead atoms. The molecule has 0 aliphatic carbocycles. The van der Waals surface area contributed by atoms with E-state index in [0.29, 0.717) is 23.5 Å². The van der Waals surface area contributed by atoms with Crippen molar-refractivity contribution in [3.05, 3.63) is 110 Å². The summed E-state index contributed by atoms with van der Waals surface area (Å²) in [5, 5.41) is 15.5. The van der Waals surface area contributed by atoms with Gasteiger partial charge in [-0.2, -0.15) is 0 Å². The van der Waals surface area contributed by atoms with E-state index in [2.05, 4.69) is 20.8 Å². The lowest BCUT2D eigenvalue weighted by atomic mass is 9.94. The second-order valence-electron chi connectivity index (χ2n) is 10.1. The minimum atomic E-state index is -1.71. The summed E-state index contributed by atoms with van der Waals surface area (Å²) in [4.78, 5) is 55.2. The Balaban J connectivity index is 1.33. The molecule has 2 aromatic heterocycles. The van der Waals surface area contributed by atoms with Crippen LogP contribution in [-0.2, 0) is 30.3 Å². The molecule has 10 nitrogen and oxygen atoms in total. The number of carbonyl (C=O) groups excluding carboxylic acids is 4. The molecule has 45 heavy (non-hydrogen) atoms. The van der Waals surface area contributed by atoms with Crippen molar-refractivity contribution in [2.45, 2.75) is 34.8 Å². The Hall–Kier alpha value is -3.98. The van der Waals surface area contributed by atoms with Gasteiger partial charge in [0.05, 0.1) is 6.42 Å². The highest BCUT2D eigenvalue weighted by atomic mass is 32.2. The molecular formula is C31H27N5O5S4. The van der Waals surface area contributed by atoms with Gasteiger partial charge >= 0.3 is 5.97 Å². The molecule has 4 aromatic rings. The third-order valence-corrected chi connectivity index (χ3v) is 11.5. The van der Waals surface area contributed by atoms with Crippen LogP contribution in [0.25, 0.3) is 0 Å².